The third-order valence-electron chi connectivity index (χ3n) is 1.77. The summed E-state index contributed by atoms with van der Waals surface area (Å²) in [5.41, 5.74) is 0.833. The maximum Gasteiger partial charge on any atom is 0.451 e. The lowest BCUT2D eigenvalue weighted by Gasteiger charge is -2.09. The van der Waals surface area contributed by atoms with Crippen LogP contribution in [0.1, 0.15) is 24.0 Å². The van der Waals surface area contributed by atoms with Crippen molar-refractivity contribution in [2.45, 2.75) is 26.4 Å². The Kier molecular flexibility index (Phi) is 2.99. The molecule has 0 unspecified atom stereocenters. The van der Waals surface area contributed by atoms with Gasteiger partial charge < -0.3 is 0 Å². The summed E-state index contributed by atoms with van der Waals surface area (Å²) < 4.78 is 36.6. The normalized spacial score (nSPS) is 11.9. The largest absolute Gasteiger partial charge is 0.451 e. The van der Waals surface area contributed by atoms with Gasteiger partial charge in [-0.05, 0) is 13.3 Å². The number of alkyl halides is 3. The van der Waals surface area contributed by atoms with Crippen LogP contribution in [0, 0.1) is 6.92 Å². The molecule has 1 rings (SSSR count). The van der Waals surface area contributed by atoms with Gasteiger partial charge in [-0.15, -0.1) is 0 Å². The highest BCUT2D eigenvalue weighted by Gasteiger charge is 2.35. The number of hydrogen-bond acceptors (Lipinski definition) is 2. The Bertz CT molecular complexity index is 326. The van der Waals surface area contributed by atoms with Crippen LogP contribution in [0.2, 0.25) is 5.15 Å². The van der Waals surface area contributed by atoms with E-state index in [9.17, 15) is 13.2 Å². The van der Waals surface area contributed by atoms with Crippen LogP contribution in [0.3, 0.4) is 0 Å². The number of hydrogen-bond donors (Lipinski definition) is 0. The number of rotatable bonds is 1. The van der Waals surface area contributed by atoms with Gasteiger partial charge in [0.15, 0.2) is 0 Å². The molecule has 1 aromatic heterocycles. The average Bonchev–Trinajstić information content (AvgIpc) is 2.01. The lowest BCUT2D eigenvalue weighted by Crippen LogP contribution is -2.13. The molecule has 78 valence electrons. The highest BCUT2D eigenvalue weighted by molar-refractivity contribution is 6.30. The van der Waals surface area contributed by atoms with Gasteiger partial charge >= 0.3 is 6.18 Å². The Balaban J connectivity index is 3.28. The van der Waals surface area contributed by atoms with Gasteiger partial charge in [0.25, 0.3) is 0 Å². The maximum atomic E-state index is 12.2. The van der Waals surface area contributed by atoms with Crippen molar-refractivity contribution in [1.29, 1.82) is 0 Å². The van der Waals surface area contributed by atoms with Crippen LogP contribution in [0.5, 0.6) is 0 Å². The van der Waals surface area contributed by atoms with E-state index in [4.69, 9.17) is 11.6 Å². The molecule has 0 fully saturated rings. The van der Waals surface area contributed by atoms with E-state index in [1.54, 1.807) is 6.92 Å². The first kappa shape index (κ1) is 11.2. The van der Waals surface area contributed by atoms with Crippen LogP contribution in [-0.4, -0.2) is 9.97 Å². The second-order valence-electron chi connectivity index (χ2n) is 2.75. The smallest absolute Gasteiger partial charge is 0.229 e. The molecule has 0 aliphatic heterocycles. The van der Waals surface area contributed by atoms with E-state index < -0.39 is 12.0 Å². The van der Waals surface area contributed by atoms with Gasteiger partial charge in [-0.2, -0.15) is 13.2 Å². The zero-order valence-electron chi connectivity index (χ0n) is 7.61. The Morgan fingerprint density at radius 2 is 1.86 bits per heavy atom. The third-order valence-corrected chi connectivity index (χ3v) is 2.08. The Labute approximate surface area is 84.1 Å². The zero-order chi connectivity index (χ0) is 10.9. The van der Waals surface area contributed by atoms with Crippen molar-refractivity contribution >= 4 is 11.6 Å². The summed E-state index contributed by atoms with van der Waals surface area (Å²) in [6.45, 7) is 3.27. The first-order chi connectivity index (χ1) is 6.36. The van der Waals surface area contributed by atoms with Gasteiger partial charge in [0, 0.05) is 11.3 Å². The molecule has 1 aromatic rings. The quantitative estimate of drug-likeness (QED) is 0.686. The maximum absolute atomic E-state index is 12.2. The van der Waals surface area contributed by atoms with Gasteiger partial charge in [0.05, 0.1) is 0 Å². The molecule has 0 saturated heterocycles. The average molecular weight is 225 g/mol. The van der Waals surface area contributed by atoms with Crippen molar-refractivity contribution in [3.63, 3.8) is 0 Å². The molecule has 0 atom stereocenters. The van der Waals surface area contributed by atoms with Crippen LogP contribution in [0.25, 0.3) is 0 Å². The number of aromatic nitrogens is 2. The molecule has 1 heterocycles. The number of aryl methyl sites for hydroxylation is 1. The Morgan fingerprint density at radius 3 is 2.21 bits per heavy atom. The van der Waals surface area contributed by atoms with Crippen molar-refractivity contribution < 1.29 is 13.2 Å². The number of halogens is 4. The summed E-state index contributed by atoms with van der Waals surface area (Å²) in [7, 11) is 0. The molecule has 0 N–H and O–H groups in total. The minimum atomic E-state index is -4.54. The molecule has 0 aromatic carbocycles. The summed E-state index contributed by atoms with van der Waals surface area (Å²) in [5, 5.41) is -0.118. The predicted molar refractivity (Wildman–Crippen MR) is 46.2 cm³/mol. The van der Waals surface area contributed by atoms with Crippen molar-refractivity contribution in [3.8, 4) is 0 Å². The van der Waals surface area contributed by atoms with Crippen molar-refractivity contribution in [1.82, 2.24) is 9.97 Å². The van der Waals surface area contributed by atoms with Gasteiger partial charge in [0.1, 0.15) is 5.15 Å². The Hall–Kier alpha value is -0.840. The van der Waals surface area contributed by atoms with Crippen LogP contribution in [-0.2, 0) is 12.6 Å². The zero-order valence-corrected chi connectivity index (χ0v) is 8.37. The van der Waals surface area contributed by atoms with E-state index >= 15 is 0 Å². The fraction of sp³-hybridized carbons (Fsp3) is 0.500. The lowest BCUT2D eigenvalue weighted by molar-refractivity contribution is -0.145. The van der Waals surface area contributed by atoms with Crippen molar-refractivity contribution in [2.75, 3.05) is 0 Å². The monoisotopic (exact) mass is 224 g/mol. The molecule has 0 saturated carbocycles. The van der Waals surface area contributed by atoms with Crippen LogP contribution >= 0.6 is 11.6 Å². The fourth-order valence-corrected chi connectivity index (χ4v) is 1.44. The first-order valence-electron chi connectivity index (χ1n) is 3.96. The van der Waals surface area contributed by atoms with E-state index in [-0.39, 0.29) is 10.8 Å². The van der Waals surface area contributed by atoms with Crippen molar-refractivity contribution in [3.05, 3.63) is 22.2 Å². The topological polar surface area (TPSA) is 25.8 Å². The molecule has 0 radical (unpaired) electrons. The molecule has 0 aliphatic carbocycles. The first-order valence-corrected chi connectivity index (χ1v) is 4.34. The van der Waals surface area contributed by atoms with E-state index in [0.29, 0.717) is 12.0 Å². The lowest BCUT2D eigenvalue weighted by atomic mass is 10.2. The molecule has 2 nitrogen and oxygen atoms in total. The molecule has 0 amide bonds. The summed E-state index contributed by atoms with van der Waals surface area (Å²) >= 11 is 5.59. The van der Waals surface area contributed by atoms with E-state index in [1.165, 1.54) is 6.92 Å². The van der Waals surface area contributed by atoms with Gasteiger partial charge in [-0.1, -0.05) is 18.5 Å². The van der Waals surface area contributed by atoms with E-state index in [2.05, 4.69) is 9.97 Å². The predicted octanol–water partition coefficient (Wildman–Crippen LogP) is 3.02. The van der Waals surface area contributed by atoms with Gasteiger partial charge in [-0.25, -0.2) is 9.97 Å². The minimum absolute atomic E-state index is 0.118. The van der Waals surface area contributed by atoms with Crippen molar-refractivity contribution in [2.24, 2.45) is 0 Å². The van der Waals surface area contributed by atoms with Crippen LogP contribution in [0.4, 0.5) is 13.2 Å². The molecule has 0 spiro atoms. The summed E-state index contributed by atoms with van der Waals surface area (Å²) in [6.07, 6.45) is -4.02. The highest BCUT2D eigenvalue weighted by Crippen LogP contribution is 2.28. The second-order valence-corrected chi connectivity index (χ2v) is 3.11. The standard InChI is InChI=1S/C8H8ClF3N2/c1-3-5-4(2)13-7(8(10,11)12)14-6(5)9/h3H2,1-2H3. The van der Waals surface area contributed by atoms with Gasteiger partial charge in [0.2, 0.25) is 5.82 Å². The number of nitrogens with zero attached hydrogens (tertiary/aromatic N) is 2. The molecular formula is C8H8ClF3N2. The molecule has 0 aliphatic rings. The fourth-order valence-electron chi connectivity index (χ4n) is 1.09. The second kappa shape index (κ2) is 3.73. The SMILES string of the molecule is CCc1c(C)nc(C(F)(F)F)nc1Cl. The molecule has 0 bridgehead atoms. The van der Waals surface area contributed by atoms with E-state index in [1.807, 2.05) is 0 Å². The Morgan fingerprint density at radius 1 is 1.29 bits per heavy atom. The van der Waals surface area contributed by atoms with Gasteiger partial charge in [-0.3, -0.25) is 0 Å². The summed E-state index contributed by atoms with van der Waals surface area (Å²) in [5.74, 6) is -1.18. The van der Waals surface area contributed by atoms with E-state index in [0.717, 1.165) is 0 Å². The molecule has 14 heavy (non-hydrogen) atoms. The van der Waals surface area contributed by atoms with Crippen LogP contribution in [0.15, 0.2) is 0 Å². The molecule has 6 heteroatoms. The van der Waals surface area contributed by atoms with Crippen LogP contribution < -0.4 is 0 Å². The third kappa shape index (κ3) is 2.15. The molecular weight excluding hydrogens is 217 g/mol. The highest BCUT2D eigenvalue weighted by atomic mass is 35.5. The summed E-state index contributed by atoms with van der Waals surface area (Å²) in [6, 6.07) is 0. The minimum Gasteiger partial charge on any atom is -0.229 e. The summed E-state index contributed by atoms with van der Waals surface area (Å²) in [4.78, 5) is 6.56.